The fourth-order valence-corrected chi connectivity index (χ4v) is 5.94. The maximum absolute atomic E-state index is 13.3. The van der Waals surface area contributed by atoms with E-state index in [0.717, 1.165) is 26.4 Å². The molecule has 0 aliphatic carbocycles. The molecular formula is C19H15N3O3S4. The molecule has 4 rings (SSSR count). The van der Waals surface area contributed by atoms with Crippen LogP contribution in [-0.4, -0.2) is 28.6 Å². The Morgan fingerprint density at radius 1 is 1.21 bits per heavy atom. The summed E-state index contributed by atoms with van der Waals surface area (Å²) in [5, 5.41) is 13.6. The van der Waals surface area contributed by atoms with Crippen LogP contribution in [0.2, 0.25) is 0 Å². The fourth-order valence-electron chi connectivity index (χ4n) is 2.83. The van der Waals surface area contributed by atoms with Gasteiger partial charge in [-0.25, -0.2) is 4.98 Å². The Kier molecular flexibility index (Phi) is 5.95. The van der Waals surface area contributed by atoms with Gasteiger partial charge in [0.1, 0.15) is 0 Å². The summed E-state index contributed by atoms with van der Waals surface area (Å²) < 4.78 is 1.01. The predicted octanol–water partition coefficient (Wildman–Crippen LogP) is 5.94. The van der Waals surface area contributed by atoms with E-state index in [-0.39, 0.29) is 10.9 Å². The van der Waals surface area contributed by atoms with Crippen molar-refractivity contribution >= 4 is 72.0 Å². The zero-order valence-electron chi connectivity index (χ0n) is 15.2. The molecule has 29 heavy (non-hydrogen) atoms. The lowest BCUT2D eigenvalue weighted by Gasteiger charge is -2.18. The van der Waals surface area contributed by atoms with Gasteiger partial charge in [-0.2, -0.15) is 0 Å². The number of anilines is 1. The first-order valence-electron chi connectivity index (χ1n) is 8.59. The summed E-state index contributed by atoms with van der Waals surface area (Å²) >= 11 is 5.62. The zero-order valence-corrected chi connectivity index (χ0v) is 18.5. The lowest BCUT2D eigenvalue weighted by Crippen LogP contribution is -2.32. The van der Waals surface area contributed by atoms with Crippen LogP contribution >= 0.6 is 45.8 Å². The van der Waals surface area contributed by atoms with Gasteiger partial charge in [0.05, 0.1) is 20.0 Å². The van der Waals surface area contributed by atoms with Crippen LogP contribution in [0.3, 0.4) is 0 Å². The second-order valence-electron chi connectivity index (χ2n) is 5.98. The number of thiophene rings is 2. The van der Waals surface area contributed by atoms with Gasteiger partial charge >= 0.3 is 5.00 Å². The van der Waals surface area contributed by atoms with Gasteiger partial charge in [-0.05, 0) is 42.3 Å². The molecule has 4 aromatic rings. The van der Waals surface area contributed by atoms with Crippen molar-refractivity contribution in [2.75, 3.05) is 17.7 Å². The van der Waals surface area contributed by atoms with Crippen molar-refractivity contribution in [3.63, 3.8) is 0 Å². The molecule has 0 fully saturated rings. The first-order chi connectivity index (χ1) is 14.1. The second-order valence-corrected chi connectivity index (χ2v) is 9.94. The Morgan fingerprint density at radius 3 is 2.76 bits per heavy atom. The van der Waals surface area contributed by atoms with Gasteiger partial charge in [0.2, 0.25) is 0 Å². The van der Waals surface area contributed by atoms with Crippen LogP contribution in [0.25, 0.3) is 10.2 Å². The predicted molar refractivity (Wildman–Crippen MR) is 122 cm³/mol. The number of thiazole rings is 1. The molecule has 0 atom stereocenters. The van der Waals surface area contributed by atoms with Crippen molar-refractivity contribution in [2.45, 2.75) is 11.3 Å². The summed E-state index contributed by atoms with van der Waals surface area (Å²) in [4.78, 5) is 32.8. The molecule has 1 aromatic carbocycles. The average molecular weight is 462 g/mol. The van der Waals surface area contributed by atoms with Gasteiger partial charge < -0.3 is 0 Å². The molecule has 0 N–H and O–H groups in total. The lowest BCUT2D eigenvalue weighted by atomic mass is 10.3. The van der Waals surface area contributed by atoms with Crippen molar-refractivity contribution < 1.29 is 9.72 Å². The van der Waals surface area contributed by atoms with Crippen molar-refractivity contribution in [3.05, 3.63) is 67.7 Å². The molecule has 1 amide bonds. The molecule has 0 bridgehead atoms. The van der Waals surface area contributed by atoms with E-state index in [0.29, 0.717) is 23.0 Å². The van der Waals surface area contributed by atoms with Crippen LogP contribution in [0.15, 0.2) is 52.7 Å². The maximum Gasteiger partial charge on any atom is 0.324 e. The monoisotopic (exact) mass is 461 g/mol. The number of para-hydroxylation sites is 1. The van der Waals surface area contributed by atoms with Gasteiger partial charge in [0.25, 0.3) is 5.91 Å². The van der Waals surface area contributed by atoms with Crippen molar-refractivity contribution in [2.24, 2.45) is 0 Å². The minimum absolute atomic E-state index is 0.0412. The molecule has 0 spiro atoms. The van der Waals surface area contributed by atoms with Gasteiger partial charge in [-0.1, -0.05) is 34.8 Å². The van der Waals surface area contributed by atoms with Gasteiger partial charge in [0, 0.05) is 22.4 Å². The van der Waals surface area contributed by atoms with Crippen LogP contribution in [0.5, 0.6) is 0 Å². The largest absolute Gasteiger partial charge is 0.324 e. The number of hydrogen-bond donors (Lipinski definition) is 0. The van der Waals surface area contributed by atoms with E-state index in [9.17, 15) is 14.9 Å². The van der Waals surface area contributed by atoms with Crippen molar-refractivity contribution in [1.82, 2.24) is 4.98 Å². The number of carbonyl (C=O) groups is 1. The highest BCUT2D eigenvalue weighted by molar-refractivity contribution is 7.98. The summed E-state index contributed by atoms with van der Waals surface area (Å²) in [7, 11) is 0. The topological polar surface area (TPSA) is 76.3 Å². The molecule has 6 nitrogen and oxygen atoms in total. The molecule has 148 valence electrons. The molecule has 0 unspecified atom stereocenters. The summed E-state index contributed by atoms with van der Waals surface area (Å²) in [6.45, 7) is 0.458. The average Bonchev–Trinajstić information content (AvgIpc) is 3.46. The van der Waals surface area contributed by atoms with Crippen LogP contribution in [-0.2, 0) is 6.42 Å². The Bertz CT molecular complexity index is 1170. The minimum Gasteiger partial charge on any atom is -0.283 e. The van der Waals surface area contributed by atoms with E-state index in [4.69, 9.17) is 4.98 Å². The first-order valence-corrected chi connectivity index (χ1v) is 12.3. The summed E-state index contributed by atoms with van der Waals surface area (Å²) in [5.74, 6) is -0.260. The van der Waals surface area contributed by atoms with Crippen LogP contribution in [0.4, 0.5) is 10.1 Å². The molecule has 0 saturated carbocycles. The summed E-state index contributed by atoms with van der Waals surface area (Å²) in [5.41, 5.74) is 0.881. The van der Waals surface area contributed by atoms with Gasteiger partial charge in [-0.3, -0.25) is 19.8 Å². The van der Waals surface area contributed by atoms with E-state index in [1.165, 1.54) is 28.3 Å². The number of fused-ring (bicyclic) bond motifs is 1. The van der Waals surface area contributed by atoms with Crippen LogP contribution in [0.1, 0.15) is 14.5 Å². The number of thioether (sulfide) groups is 1. The molecule has 3 heterocycles. The van der Waals surface area contributed by atoms with E-state index in [1.807, 2.05) is 42.0 Å². The van der Waals surface area contributed by atoms with Crippen molar-refractivity contribution in [1.29, 1.82) is 0 Å². The number of rotatable bonds is 7. The molecule has 3 aromatic heterocycles. The quantitative estimate of drug-likeness (QED) is 0.193. The number of carbonyl (C=O) groups excluding carboxylic acids is 1. The maximum atomic E-state index is 13.3. The van der Waals surface area contributed by atoms with Gasteiger partial charge in [0.15, 0.2) is 5.13 Å². The summed E-state index contributed by atoms with van der Waals surface area (Å²) in [6.07, 6.45) is 2.69. The number of benzene rings is 1. The number of nitrogens with zero attached hydrogens (tertiary/aromatic N) is 3. The smallest absolute Gasteiger partial charge is 0.283 e. The van der Waals surface area contributed by atoms with Crippen LogP contribution in [0, 0.1) is 10.1 Å². The highest BCUT2D eigenvalue weighted by Crippen LogP contribution is 2.35. The zero-order chi connectivity index (χ0) is 20.4. The molecular weight excluding hydrogens is 446 g/mol. The molecule has 10 heteroatoms. The molecule has 0 saturated heterocycles. The molecule has 0 radical (unpaired) electrons. The normalized spacial score (nSPS) is 11.1. The molecule has 0 aliphatic heterocycles. The second kappa shape index (κ2) is 8.62. The Labute approximate surface area is 183 Å². The third kappa shape index (κ3) is 4.20. The van der Waals surface area contributed by atoms with E-state index >= 15 is 0 Å². The van der Waals surface area contributed by atoms with Gasteiger partial charge in [-0.15, -0.1) is 23.1 Å². The summed E-state index contributed by atoms with van der Waals surface area (Å²) in [6, 6.07) is 12.9. The number of amides is 1. The Morgan fingerprint density at radius 2 is 2.07 bits per heavy atom. The van der Waals surface area contributed by atoms with E-state index in [2.05, 4.69) is 0 Å². The third-order valence-corrected chi connectivity index (χ3v) is 7.99. The lowest BCUT2D eigenvalue weighted by molar-refractivity contribution is -0.380. The Balaban J connectivity index is 1.71. The van der Waals surface area contributed by atoms with E-state index in [1.54, 1.807) is 28.0 Å². The SMILES string of the molecule is CSc1cccc2sc(N(CCc3cccs3)C(=O)c3ccc([N+](=O)[O-])s3)nc12. The first kappa shape index (κ1) is 20.0. The van der Waals surface area contributed by atoms with Crippen LogP contribution < -0.4 is 4.90 Å². The Hall–Kier alpha value is -2.27. The number of nitro groups is 1. The highest BCUT2D eigenvalue weighted by atomic mass is 32.2. The standard InChI is InChI=1S/C19H15N3O3S4/c1-26-13-5-2-6-14-17(13)20-19(29-14)21(10-9-12-4-3-11-27-12)18(23)15-7-8-16(28-15)22(24)25/h2-8,11H,9-10H2,1H3. The molecule has 0 aliphatic rings. The fraction of sp³-hybridized carbons (Fsp3) is 0.158. The highest BCUT2D eigenvalue weighted by Gasteiger charge is 2.25. The minimum atomic E-state index is -0.472. The van der Waals surface area contributed by atoms with Crippen molar-refractivity contribution in [3.8, 4) is 0 Å². The van der Waals surface area contributed by atoms with E-state index < -0.39 is 4.92 Å². The third-order valence-electron chi connectivity index (χ3n) is 4.21. The number of hydrogen-bond acceptors (Lipinski definition) is 8. The number of aromatic nitrogens is 1.